The minimum absolute atomic E-state index is 0.386. The molecule has 1 aromatic carbocycles. The summed E-state index contributed by atoms with van der Waals surface area (Å²) in [5.74, 6) is 1.55. The van der Waals surface area contributed by atoms with Crippen molar-refractivity contribution in [1.29, 1.82) is 0 Å². The molecule has 1 rings (SSSR count). The highest BCUT2D eigenvalue weighted by atomic mass is 32.2. The number of nitrogens with zero attached hydrogens (tertiary/aromatic N) is 1. The molecule has 16 heavy (non-hydrogen) atoms. The fraction of sp³-hybridized carbons (Fsp3) is 0.364. The first-order valence-electron chi connectivity index (χ1n) is 5.07. The van der Waals surface area contributed by atoms with Crippen LogP contribution in [0.2, 0.25) is 0 Å². The third-order valence-electron chi connectivity index (χ3n) is 2.05. The SMILES string of the molecule is CN=C(N)NCCS(=O)Cc1ccccc1. The van der Waals surface area contributed by atoms with Crippen LogP contribution in [-0.4, -0.2) is 29.5 Å². The maximum Gasteiger partial charge on any atom is 0.188 e. The minimum atomic E-state index is -0.862. The van der Waals surface area contributed by atoms with Gasteiger partial charge in [-0.05, 0) is 5.56 Å². The Bertz CT molecular complexity index is 365. The van der Waals surface area contributed by atoms with E-state index in [1.165, 1.54) is 0 Å². The molecular weight excluding hydrogens is 222 g/mol. The van der Waals surface area contributed by atoms with E-state index < -0.39 is 10.8 Å². The lowest BCUT2D eigenvalue weighted by Crippen LogP contribution is -2.34. The van der Waals surface area contributed by atoms with E-state index in [4.69, 9.17) is 5.73 Å². The van der Waals surface area contributed by atoms with Crippen molar-refractivity contribution in [3.8, 4) is 0 Å². The van der Waals surface area contributed by atoms with Crippen molar-refractivity contribution in [1.82, 2.24) is 5.32 Å². The molecule has 88 valence electrons. The number of rotatable bonds is 5. The molecule has 0 spiro atoms. The van der Waals surface area contributed by atoms with Gasteiger partial charge in [-0.25, -0.2) is 0 Å². The van der Waals surface area contributed by atoms with Crippen molar-refractivity contribution < 1.29 is 4.21 Å². The summed E-state index contributed by atoms with van der Waals surface area (Å²) in [6, 6.07) is 9.81. The second-order valence-electron chi connectivity index (χ2n) is 3.31. The minimum Gasteiger partial charge on any atom is -0.370 e. The van der Waals surface area contributed by atoms with Gasteiger partial charge in [-0.2, -0.15) is 0 Å². The average Bonchev–Trinajstić information content (AvgIpc) is 2.30. The fourth-order valence-electron chi connectivity index (χ4n) is 1.20. The van der Waals surface area contributed by atoms with Gasteiger partial charge in [-0.1, -0.05) is 30.3 Å². The average molecular weight is 239 g/mol. The van der Waals surface area contributed by atoms with Crippen LogP contribution < -0.4 is 11.1 Å². The van der Waals surface area contributed by atoms with Crippen molar-refractivity contribution in [3.05, 3.63) is 35.9 Å². The maximum atomic E-state index is 11.7. The molecule has 0 saturated carbocycles. The van der Waals surface area contributed by atoms with Gasteiger partial charge in [-0.3, -0.25) is 9.20 Å². The summed E-state index contributed by atoms with van der Waals surface area (Å²) in [5.41, 5.74) is 6.55. The van der Waals surface area contributed by atoms with Crippen molar-refractivity contribution in [2.24, 2.45) is 10.7 Å². The molecule has 0 amide bonds. The Hall–Kier alpha value is -1.36. The monoisotopic (exact) mass is 239 g/mol. The van der Waals surface area contributed by atoms with E-state index in [1.807, 2.05) is 30.3 Å². The van der Waals surface area contributed by atoms with Crippen molar-refractivity contribution >= 4 is 16.8 Å². The molecule has 1 aromatic rings. The molecule has 0 saturated heterocycles. The van der Waals surface area contributed by atoms with Crippen LogP contribution >= 0.6 is 0 Å². The van der Waals surface area contributed by atoms with Crippen LogP contribution in [-0.2, 0) is 16.6 Å². The number of hydrogen-bond donors (Lipinski definition) is 2. The molecule has 0 fully saturated rings. The Morgan fingerprint density at radius 1 is 1.44 bits per heavy atom. The standard InChI is InChI=1S/C11H17N3OS/c1-13-11(12)14-7-8-16(15)9-10-5-3-2-4-6-10/h2-6H,7-9H2,1H3,(H3,12,13,14). The van der Waals surface area contributed by atoms with E-state index in [9.17, 15) is 4.21 Å². The number of aliphatic imine (C=N–C) groups is 1. The van der Waals surface area contributed by atoms with Crippen LogP contribution in [0.25, 0.3) is 0 Å². The van der Waals surface area contributed by atoms with Crippen molar-refractivity contribution in [3.63, 3.8) is 0 Å². The number of hydrogen-bond acceptors (Lipinski definition) is 2. The van der Waals surface area contributed by atoms with Gasteiger partial charge in [0.05, 0.1) is 0 Å². The molecule has 0 bridgehead atoms. The molecule has 1 atom stereocenters. The van der Waals surface area contributed by atoms with Crippen LogP contribution in [0.5, 0.6) is 0 Å². The Morgan fingerprint density at radius 2 is 2.12 bits per heavy atom. The summed E-state index contributed by atoms with van der Waals surface area (Å²) in [4.78, 5) is 3.75. The summed E-state index contributed by atoms with van der Waals surface area (Å²) in [6.07, 6.45) is 0. The van der Waals surface area contributed by atoms with Crippen LogP contribution in [0.15, 0.2) is 35.3 Å². The summed E-state index contributed by atoms with van der Waals surface area (Å²) in [5, 5.41) is 2.88. The van der Waals surface area contributed by atoms with E-state index in [0.717, 1.165) is 5.56 Å². The van der Waals surface area contributed by atoms with Crippen molar-refractivity contribution in [2.75, 3.05) is 19.3 Å². The Labute approximate surface area is 98.4 Å². The topological polar surface area (TPSA) is 67.5 Å². The first kappa shape index (κ1) is 12.7. The predicted molar refractivity (Wildman–Crippen MR) is 68.7 cm³/mol. The highest BCUT2D eigenvalue weighted by molar-refractivity contribution is 7.84. The highest BCUT2D eigenvalue weighted by Crippen LogP contribution is 2.02. The van der Waals surface area contributed by atoms with Crippen molar-refractivity contribution in [2.45, 2.75) is 5.75 Å². The molecular formula is C11H17N3OS. The van der Waals surface area contributed by atoms with Gasteiger partial charge in [0, 0.05) is 35.9 Å². The molecule has 3 N–H and O–H groups in total. The summed E-state index contributed by atoms with van der Waals surface area (Å²) >= 11 is 0. The lowest BCUT2D eigenvalue weighted by molar-refractivity contribution is 0.681. The van der Waals surface area contributed by atoms with Gasteiger partial charge in [0.15, 0.2) is 5.96 Å². The lowest BCUT2D eigenvalue weighted by atomic mass is 10.2. The zero-order valence-electron chi connectivity index (χ0n) is 9.35. The highest BCUT2D eigenvalue weighted by Gasteiger charge is 2.01. The number of nitrogens with one attached hydrogen (secondary N) is 1. The zero-order chi connectivity index (χ0) is 11.8. The molecule has 5 heteroatoms. The Balaban J connectivity index is 2.27. The molecule has 1 unspecified atom stereocenters. The normalized spacial score (nSPS) is 13.4. The molecule has 0 aliphatic carbocycles. The molecule has 0 aliphatic heterocycles. The van der Waals surface area contributed by atoms with Crippen LogP contribution in [0, 0.1) is 0 Å². The van der Waals surface area contributed by atoms with E-state index >= 15 is 0 Å². The van der Waals surface area contributed by atoms with Gasteiger partial charge >= 0.3 is 0 Å². The number of benzene rings is 1. The van der Waals surface area contributed by atoms with Gasteiger partial charge in [0.1, 0.15) is 0 Å². The van der Waals surface area contributed by atoms with E-state index in [-0.39, 0.29) is 0 Å². The maximum absolute atomic E-state index is 11.7. The summed E-state index contributed by atoms with van der Waals surface area (Å²) in [6.45, 7) is 0.586. The molecule has 0 radical (unpaired) electrons. The molecule has 0 aliphatic rings. The second kappa shape index (κ2) is 7.00. The van der Waals surface area contributed by atoms with Crippen LogP contribution in [0.3, 0.4) is 0 Å². The van der Waals surface area contributed by atoms with Crippen LogP contribution in [0.4, 0.5) is 0 Å². The fourth-order valence-corrected chi connectivity index (χ4v) is 2.24. The first-order valence-corrected chi connectivity index (χ1v) is 6.56. The first-order chi connectivity index (χ1) is 7.72. The smallest absolute Gasteiger partial charge is 0.188 e. The van der Waals surface area contributed by atoms with Gasteiger partial charge < -0.3 is 11.1 Å². The van der Waals surface area contributed by atoms with E-state index in [0.29, 0.717) is 24.0 Å². The van der Waals surface area contributed by atoms with Gasteiger partial charge in [0.25, 0.3) is 0 Å². The van der Waals surface area contributed by atoms with E-state index in [2.05, 4.69) is 10.3 Å². The van der Waals surface area contributed by atoms with E-state index in [1.54, 1.807) is 7.05 Å². The Morgan fingerprint density at radius 3 is 2.75 bits per heavy atom. The second-order valence-corrected chi connectivity index (χ2v) is 4.89. The van der Waals surface area contributed by atoms with Gasteiger partial charge in [-0.15, -0.1) is 0 Å². The Kier molecular flexibility index (Phi) is 5.56. The predicted octanol–water partition coefficient (Wildman–Crippen LogP) is 0.469. The third-order valence-corrected chi connectivity index (χ3v) is 3.36. The lowest BCUT2D eigenvalue weighted by Gasteiger charge is -2.05. The zero-order valence-corrected chi connectivity index (χ0v) is 10.2. The van der Waals surface area contributed by atoms with Crippen LogP contribution in [0.1, 0.15) is 5.56 Å². The third kappa shape index (κ3) is 4.93. The summed E-state index contributed by atoms with van der Waals surface area (Å²) in [7, 11) is 0.752. The van der Waals surface area contributed by atoms with Gasteiger partial charge in [0.2, 0.25) is 0 Å². The largest absolute Gasteiger partial charge is 0.370 e. The molecule has 0 heterocycles. The number of guanidine groups is 1. The molecule has 0 aromatic heterocycles. The summed E-state index contributed by atoms with van der Waals surface area (Å²) < 4.78 is 11.7. The molecule has 4 nitrogen and oxygen atoms in total. The quantitative estimate of drug-likeness (QED) is 0.580. The number of nitrogens with two attached hydrogens (primary N) is 1.